The van der Waals surface area contributed by atoms with Gasteiger partial charge in [0.1, 0.15) is 5.70 Å². The van der Waals surface area contributed by atoms with E-state index in [1.165, 1.54) is 14.2 Å². The maximum Gasteiger partial charge on any atom is 0.355 e. The Kier molecular flexibility index (Phi) is 5.70. The first-order chi connectivity index (χ1) is 12.2. The van der Waals surface area contributed by atoms with Crippen LogP contribution >= 0.6 is 0 Å². The summed E-state index contributed by atoms with van der Waals surface area (Å²) in [5.41, 5.74) is 2.99. The summed E-state index contributed by atoms with van der Waals surface area (Å²) >= 11 is 0. The number of benzene rings is 1. The maximum atomic E-state index is 12.6. The van der Waals surface area contributed by atoms with Crippen molar-refractivity contribution in [3.8, 4) is 0 Å². The third-order valence-corrected chi connectivity index (χ3v) is 4.18. The minimum absolute atomic E-state index is 0.129. The molecule has 0 amide bonds. The molecule has 1 heterocycles. The predicted octanol–water partition coefficient (Wildman–Crippen LogP) is 3.78. The molecule has 0 aliphatic carbocycles. The summed E-state index contributed by atoms with van der Waals surface area (Å²) < 4.78 is 9.85. The van der Waals surface area contributed by atoms with Gasteiger partial charge < -0.3 is 14.4 Å². The molecule has 0 saturated carbocycles. The molecule has 0 N–H and O–H groups in total. The smallest absolute Gasteiger partial charge is 0.355 e. The first kappa shape index (κ1) is 19.5. The number of rotatable bonds is 3. The molecule has 1 aliphatic rings. The summed E-state index contributed by atoms with van der Waals surface area (Å²) in [6, 6.07) is 5.99. The third-order valence-electron chi connectivity index (χ3n) is 4.18. The fraction of sp³-hybridized carbons (Fsp3) is 0.333. The lowest BCUT2D eigenvalue weighted by molar-refractivity contribution is -0.139. The van der Waals surface area contributed by atoms with Crippen LogP contribution in [0.3, 0.4) is 0 Å². The summed E-state index contributed by atoms with van der Waals surface area (Å²) in [6.45, 7) is 8.29. The number of allylic oxidation sites excluding steroid dienone is 2. The van der Waals surface area contributed by atoms with E-state index >= 15 is 0 Å². The van der Waals surface area contributed by atoms with Crippen LogP contribution < -0.4 is 4.90 Å². The minimum Gasteiger partial charge on any atom is -0.465 e. The highest BCUT2D eigenvalue weighted by molar-refractivity contribution is 6.05. The summed E-state index contributed by atoms with van der Waals surface area (Å²) in [5, 5.41) is 0. The average Bonchev–Trinajstić information content (AvgIpc) is 2.82. The van der Waals surface area contributed by atoms with E-state index in [-0.39, 0.29) is 16.7 Å². The SMILES string of the molecule is COC(=O)C1=C(C(=O)OC)N(c2c(C)cccc2C(C)(C)C)C=CC=C1. The van der Waals surface area contributed by atoms with E-state index in [0.29, 0.717) is 0 Å². The minimum atomic E-state index is -0.607. The van der Waals surface area contributed by atoms with Gasteiger partial charge in [-0.15, -0.1) is 0 Å². The Morgan fingerprint density at radius 2 is 1.65 bits per heavy atom. The molecule has 2 rings (SSSR count). The largest absolute Gasteiger partial charge is 0.465 e. The summed E-state index contributed by atoms with van der Waals surface area (Å²) in [6.07, 6.45) is 6.79. The van der Waals surface area contributed by atoms with Crippen molar-refractivity contribution in [2.75, 3.05) is 19.1 Å². The molecule has 0 bridgehead atoms. The number of para-hydroxylation sites is 1. The van der Waals surface area contributed by atoms with E-state index in [9.17, 15) is 9.59 Å². The Hall–Kier alpha value is -2.82. The van der Waals surface area contributed by atoms with Gasteiger partial charge in [-0.25, -0.2) is 9.59 Å². The zero-order valence-corrected chi connectivity index (χ0v) is 16.1. The normalized spacial score (nSPS) is 14.3. The number of aryl methyl sites for hydroxylation is 1. The Balaban J connectivity index is 2.83. The molecular formula is C21H25NO4. The standard InChI is InChI=1S/C21H25NO4/c1-14-10-9-12-16(21(2,3)4)17(14)22-13-8-7-11-15(19(23)25-5)18(22)20(24)26-6/h7-13H,1-6H3. The van der Waals surface area contributed by atoms with Crippen molar-refractivity contribution in [3.05, 3.63) is 65.0 Å². The number of esters is 2. The first-order valence-electron chi connectivity index (χ1n) is 8.37. The van der Waals surface area contributed by atoms with Gasteiger partial charge >= 0.3 is 11.9 Å². The average molecular weight is 355 g/mol. The Morgan fingerprint density at radius 3 is 2.23 bits per heavy atom. The fourth-order valence-corrected chi connectivity index (χ4v) is 2.92. The molecule has 1 aromatic rings. The van der Waals surface area contributed by atoms with Gasteiger partial charge in [-0.1, -0.05) is 45.0 Å². The Labute approximate surface area is 154 Å². The van der Waals surface area contributed by atoms with Crippen LogP contribution in [0.25, 0.3) is 0 Å². The van der Waals surface area contributed by atoms with E-state index in [1.807, 2.05) is 25.1 Å². The Morgan fingerprint density at radius 1 is 1.00 bits per heavy atom. The highest BCUT2D eigenvalue weighted by Gasteiger charge is 2.31. The van der Waals surface area contributed by atoms with E-state index in [0.717, 1.165) is 16.8 Å². The lowest BCUT2D eigenvalue weighted by Crippen LogP contribution is -2.29. The molecule has 0 atom stereocenters. The number of ether oxygens (including phenoxy) is 2. The molecule has 0 unspecified atom stereocenters. The van der Waals surface area contributed by atoms with Crippen molar-refractivity contribution in [1.82, 2.24) is 0 Å². The van der Waals surface area contributed by atoms with Gasteiger partial charge in [0, 0.05) is 6.20 Å². The van der Waals surface area contributed by atoms with Gasteiger partial charge in [-0.05, 0) is 35.6 Å². The molecule has 0 aromatic heterocycles. The molecule has 1 aromatic carbocycles. The van der Waals surface area contributed by atoms with E-state index in [4.69, 9.17) is 9.47 Å². The molecule has 0 saturated heterocycles. The Bertz CT molecular complexity index is 810. The highest BCUT2D eigenvalue weighted by Crippen LogP contribution is 2.38. The van der Waals surface area contributed by atoms with Crippen LogP contribution in [-0.4, -0.2) is 26.2 Å². The lowest BCUT2D eigenvalue weighted by atomic mass is 9.84. The van der Waals surface area contributed by atoms with Crippen molar-refractivity contribution in [2.45, 2.75) is 33.1 Å². The summed E-state index contributed by atoms with van der Waals surface area (Å²) in [4.78, 5) is 26.6. The van der Waals surface area contributed by atoms with Gasteiger partial charge in [-0.3, -0.25) is 0 Å². The summed E-state index contributed by atoms with van der Waals surface area (Å²) in [5.74, 6) is -1.20. The second-order valence-corrected chi connectivity index (χ2v) is 7.04. The van der Waals surface area contributed by atoms with Crippen molar-refractivity contribution < 1.29 is 19.1 Å². The maximum absolute atomic E-state index is 12.6. The van der Waals surface area contributed by atoms with Gasteiger partial charge in [0.05, 0.1) is 25.5 Å². The van der Waals surface area contributed by atoms with Gasteiger partial charge in [0.2, 0.25) is 0 Å². The first-order valence-corrected chi connectivity index (χ1v) is 8.37. The molecule has 1 aliphatic heterocycles. The number of anilines is 1. The number of hydrogen-bond acceptors (Lipinski definition) is 5. The number of nitrogens with zero attached hydrogens (tertiary/aromatic N) is 1. The van der Waals surface area contributed by atoms with Gasteiger partial charge in [-0.2, -0.15) is 0 Å². The third kappa shape index (κ3) is 3.72. The molecular weight excluding hydrogens is 330 g/mol. The van der Waals surface area contributed by atoms with Crippen molar-refractivity contribution >= 4 is 17.6 Å². The molecule has 5 nitrogen and oxygen atoms in total. The molecule has 0 fully saturated rings. The number of hydrogen-bond donors (Lipinski definition) is 0. The van der Waals surface area contributed by atoms with E-state index < -0.39 is 11.9 Å². The predicted molar refractivity (Wildman–Crippen MR) is 102 cm³/mol. The van der Waals surface area contributed by atoms with Crippen LogP contribution in [0, 0.1) is 6.92 Å². The van der Waals surface area contributed by atoms with Gasteiger partial charge in [0.25, 0.3) is 0 Å². The monoisotopic (exact) mass is 355 g/mol. The number of carbonyl (C=O) groups excluding carboxylic acids is 2. The molecule has 0 radical (unpaired) electrons. The summed E-state index contributed by atoms with van der Waals surface area (Å²) in [7, 11) is 2.58. The highest BCUT2D eigenvalue weighted by atomic mass is 16.5. The second kappa shape index (κ2) is 7.60. The number of methoxy groups -OCH3 is 2. The number of carbonyl (C=O) groups is 2. The van der Waals surface area contributed by atoms with Crippen molar-refractivity contribution in [1.29, 1.82) is 0 Å². The van der Waals surface area contributed by atoms with Crippen molar-refractivity contribution in [3.63, 3.8) is 0 Å². The fourth-order valence-electron chi connectivity index (χ4n) is 2.92. The van der Waals surface area contributed by atoms with Crippen LogP contribution in [0.4, 0.5) is 5.69 Å². The quantitative estimate of drug-likeness (QED) is 0.772. The van der Waals surface area contributed by atoms with Gasteiger partial charge in [0.15, 0.2) is 0 Å². The zero-order chi connectivity index (χ0) is 19.5. The van der Waals surface area contributed by atoms with Crippen LogP contribution in [0.5, 0.6) is 0 Å². The molecule has 0 spiro atoms. The second-order valence-electron chi connectivity index (χ2n) is 7.04. The lowest BCUT2D eigenvalue weighted by Gasteiger charge is -2.31. The van der Waals surface area contributed by atoms with Crippen LogP contribution in [0.2, 0.25) is 0 Å². The zero-order valence-electron chi connectivity index (χ0n) is 16.1. The molecule has 138 valence electrons. The van der Waals surface area contributed by atoms with Crippen molar-refractivity contribution in [2.24, 2.45) is 0 Å². The van der Waals surface area contributed by atoms with Crippen LogP contribution in [-0.2, 0) is 24.5 Å². The molecule has 5 heteroatoms. The van der Waals surface area contributed by atoms with Crippen LogP contribution in [0.15, 0.2) is 53.9 Å². The molecule has 26 heavy (non-hydrogen) atoms. The van der Waals surface area contributed by atoms with Crippen LogP contribution in [0.1, 0.15) is 31.9 Å². The topological polar surface area (TPSA) is 55.8 Å². The van der Waals surface area contributed by atoms with E-state index in [1.54, 1.807) is 29.3 Å². The van der Waals surface area contributed by atoms with E-state index in [2.05, 4.69) is 20.8 Å².